The van der Waals surface area contributed by atoms with Gasteiger partial charge in [-0.1, -0.05) is 11.6 Å². The van der Waals surface area contributed by atoms with Crippen molar-refractivity contribution < 1.29 is 9.53 Å². The van der Waals surface area contributed by atoms with Crippen LogP contribution in [0.15, 0.2) is 12.3 Å². The smallest absolute Gasteiger partial charge is 0.247 e. The van der Waals surface area contributed by atoms with Gasteiger partial charge in [-0.3, -0.25) is 4.79 Å². The van der Waals surface area contributed by atoms with E-state index in [4.69, 9.17) is 16.3 Å². The summed E-state index contributed by atoms with van der Waals surface area (Å²) in [7, 11) is 1.65. The Morgan fingerprint density at radius 3 is 3.18 bits per heavy atom. The van der Waals surface area contributed by atoms with Crippen molar-refractivity contribution >= 4 is 29.0 Å². The van der Waals surface area contributed by atoms with Crippen LogP contribution in [0.5, 0.6) is 0 Å². The summed E-state index contributed by atoms with van der Waals surface area (Å²) >= 11 is 5.81. The molecule has 0 saturated carbocycles. The van der Waals surface area contributed by atoms with E-state index in [9.17, 15) is 4.79 Å². The van der Waals surface area contributed by atoms with E-state index in [0.29, 0.717) is 29.6 Å². The Morgan fingerprint density at radius 1 is 1.59 bits per heavy atom. The molecular weight excluding hydrogens is 242 g/mol. The number of aromatic nitrogens is 1. The number of rotatable bonds is 4. The third kappa shape index (κ3) is 2.87. The van der Waals surface area contributed by atoms with Gasteiger partial charge < -0.3 is 15.4 Å². The molecule has 1 aliphatic heterocycles. The number of ether oxygens (including phenoxy) is 1. The van der Waals surface area contributed by atoms with E-state index >= 15 is 0 Å². The van der Waals surface area contributed by atoms with Crippen LogP contribution in [0.4, 0.5) is 11.5 Å². The predicted molar refractivity (Wildman–Crippen MR) is 66.4 cm³/mol. The van der Waals surface area contributed by atoms with Crippen LogP contribution in [-0.2, 0) is 9.53 Å². The van der Waals surface area contributed by atoms with Crippen molar-refractivity contribution in [3.8, 4) is 0 Å². The highest BCUT2D eigenvalue weighted by atomic mass is 35.5. The molecule has 0 aromatic carbocycles. The first-order valence-electron chi connectivity index (χ1n) is 5.42. The second-order valence-electron chi connectivity index (χ2n) is 3.87. The molecular formula is C11H14ClN3O2. The molecule has 17 heavy (non-hydrogen) atoms. The standard InChI is InChI=1S/C11H14ClN3O2/c1-17-4-2-3-8-11(16)15-9-5-7(12)6-13-10(9)14-8/h5-6,8H,2-4H2,1H3,(H,13,14)(H,15,16). The second kappa shape index (κ2) is 5.33. The molecule has 0 saturated heterocycles. The van der Waals surface area contributed by atoms with Crippen LogP contribution in [0.1, 0.15) is 12.8 Å². The fourth-order valence-electron chi connectivity index (χ4n) is 1.74. The molecule has 5 nitrogen and oxygen atoms in total. The first-order chi connectivity index (χ1) is 8.20. The number of nitrogens with one attached hydrogen (secondary N) is 2. The van der Waals surface area contributed by atoms with Gasteiger partial charge in [-0.15, -0.1) is 0 Å². The van der Waals surface area contributed by atoms with E-state index in [-0.39, 0.29) is 11.9 Å². The van der Waals surface area contributed by atoms with Crippen molar-refractivity contribution in [1.82, 2.24) is 4.98 Å². The molecule has 1 aromatic heterocycles. The molecule has 0 spiro atoms. The molecule has 1 atom stereocenters. The number of anilines is 2. The molecule has 0 aliphatic carbocycles. The molecule has 2 heterocycles. The van der Waals surface area contributed by atoms with Gasteiger partial charge in [0.2, 0.25) is 5.91 Å². The zero-order chi connectivity index (χ0) is 12.3. The van der Waals surface area contributed by atoms with Crippen LogP contribution in [0.25, 0.3) is 0 Å². The third-order valence-electron chi connectivity index (χ3n) is 2.58. The van der Waals surface area contributed by atoms with E-state index in [1.165, 1.54) is 0 Å². The summed E-state index contributed by atoms with van der Waals surface area (Å²) in [6, 6.07) is 1.42. The zero-order valence-electron chi connectivity index (χ0n) is 9.50. The average Bonchev–Trinajstić information content (AvgIpc) is 2.30. The summed E-state index contributed by atoms with van der Waals surface area (Å²) < 4.78 is 4.96. The minimum Gasteiger partial charge on any atom is -0.385 e. The topological polar surface area (TPSA) is 63.2 Å². The highest BCUT2D eigenvalue weighted by Crippen LogP contribution is 2.27. The summed E-state index contributed by atoms with van der Waals surface area (Å²) in [5.41, 5.74) is 0.630. The van der Waals surface area contributed by atoms with Crippen LogP contribution in [0.2, 0.25) is 5.02 Å². The number of carbonyl (C=O) groups excluding carboxylic acids is 1. The predicted octanol–water partition coefficient (Wildman–Crippen LogP) is 1.89. The number of halogens is 1. The van der Waals surface area contributed by atoms with Gasteiger partial charge in [-0.25, -0.2) is 4.98 Å². The molecule has 1 unspecified atom stereocenters. The Kier molecular flexibility index (Phi) is 3.81. The molecule has 1 amide bonds. The molecule has 6 heteroatoms. The second-order valence-corrected chi connectivity index (χ2v) is 4.31. The maximum Gasteiger partial charge on any atom is 0.247 e. The van der Waals surface area contributed by atoms with Crippen molar-refractivity contribution in [3.63, 3.8) is 0 Å². The third-order valence-corrected chi connectivity index (χ3v) is 2.79. The number of fused-ring (bicyclic) bond motifs is 1. The van der Waals surface area contributed by atoms with Gasteiger partial charge >= 0.3 is 0 Å². The van der Waals surface area contributed by atoms with E-state index < -0.39 is 0 Å². The zero-order valence-corrected chi connectivity index (χ0v) is 10.3. The summed E-state index contributed by atoms with van der Waals surface area (Å²) in [5, 5.41) is 6.39. The number of hydrogen-bond acceptors (Lipinski definition) is 4. The lowest BCUT2D eigenvalue weighted by Crippen LogP contribution is -2.39. The minimum absolute atomic E-state index is 0.0577. The fraction of sp³-hybridized carbons (Fsp3) is 0.455. The number of methoxy groups -OCH3 is 1. The minimum atomic E-state index is -0.258. The Bertz CT molecular complexity index is 425. The van der Waals surface area contributed by atoms with Gasteiger partial charge in [0, 0.05) is 19.9 Å². The monoisotopic (exact) mass is 255 g/mol. The van der Waals surface area contributed by atoms with E-state index in [1.807, 2.05) is 0 Å². The van der Waals surface area contributed by atoms with Crippen LogP contribution < -0.4 is 10.6 Å². The Balaban J connectivity index is 2.05. The van der Waals surface area contributed by atoms with Gasteiger partial charge in [0.05, 0.1) is 10.7 Å². The highest BCUT2D eigenvalue weighted by Gasteiger charge is 2.25. The Morgan fingerprint density at radius 2 is 2.41 bits per heavy atom. The molecule has 0 bridgehead atoms. The summed E-state index contributed by atoms with van der Waals surface area (Å²) in [4.78, 5) is 15.9. The number of carbonyl (C=O) groups is 1. The van der Waals surface area contributed by atoms with Crippen LogP contribution in [-0.4, -0.2) is 30.6 Å². The molecule has 2 N–H and O–H groups in total. The highest BCUT2D eigenvalue weighted by molar-refractivity contribution is 6.31. The first-order valence-corrected chi connectivity index (χ1v) is 5.80. The van der Waals surface area contributed by atoms with Crippen LogP contribution >= 0.6 is 11.6 Å². The van der Waals surface area contributed by atoms with Crippen molar-refractivity contribution in [2.24, 2.45) is 0 Å². The maximum atomic E-state index is 11.8. The molecule has 1 aliphatic rings. The summed E-state index contributed by atoms with van der Waals surface area (Å²) in [6.45, 7) is 0.645. The number of hydrogen-bond donors (Lipinski definition) is 2. The van der Waals surface area contributed by atoms with Gasteiger partial charge in [0.15, 0.2) is 5.82 Å². The largest absolute Gasteiger partial charge is 0.385 e. The van der Waals surface area contributed by atoms with Crippen molar-refractivity contribution in [1.29, 1.82) is 0 Å². The lowest BCUT2D eigenvalue weighted by molar-refractivity contribution is -0.117. The molecule has 0 radical (unpaired) electrons. The Hall–Kier alpha value is -1.33. The van der Waals surface area contributed by atoms with Crippen molar-refractivity contribution in [3.05, 3.63) is 17.3 Å². The fourth-order valence-corrected chi connectivity index (χ4v) is 1.89. The van der Waals surface area contributed by atoms with E-state index in [0.717, 1.165) is 6.42 Å². The number of pyridine rings is 1. The van der Waals surface area contributed by atoms with Gasteiger partial charge in [0.1, 0.15) is 6.04 Å². The normalized spacial score (nSPS) is 18.2. The van der Waals surface area contributed by atoms with E-state index in [1.54, 1.807) is 19.4 Å². The molecule has 0 fully saturated rings. The lowest BCUT2D eigenvalue weighted by atomic mass is 10.1. The molecule has 1 aromatic rings. The maximum absolute atomic E-state index is 11.8. The van der Waals surface area contributed by atoms with E-state index in [2.05, 4.69) is 15.6 Å². The first kappa shape index (κ1) is 12.1. The quantitative estimate of drug-likeness (QED) is 0.807. The van der Waals surface area contributed by atoms with Crippen molar-refractivity contribution in [2.45, 2.75) is 18.9 Å². The average molecular weight is 256 g/mol. The van der Waals surface area contributed by atoms with Gasteiger partial charge in [-0.2, -0.15) is 0 Å². The van der Waals surface area contributed by atoms with Gasteiger partial charge in [0.25, 0.3) is 0 Å². The number of nitrogens with zero attached hydrogens (tertiary/aromatic N) is 1. The number of amides is 1. The van der Waals surface area contributed by atoms with Crippen LogP contribution in [0, 0.1) is 0 Å². The summed E-state index contributed by atoms with van der Waals surface area (Å²) in [6.07, 6.45) is 3.09. The molecule has 92 valence electrons. The SMILES string of the molecule is COCCCC1Nc2ncc(Cl)cc2NC1=O. The van der Waals surface area contributed by atoms with Crippen molar-refractivity contribution in [2.75, 3.05) is 24.4 Å². The lowest BCUT2D eigenvalue weighted by Gasteiger charge is -2.25. The molecule has 2 rings (SSSR count). The van der Waals surface area contributed by atoms with Gasteiger partial charge in [-0.05, 0) is 18.9 Å². The Labute approximate surface area is 105 Å². The summed E-state index contributed by atoms with van der Waals surface area (Å²) in [5.74, 6) is 0.606. The van der Waals surface area contributed by atoms with Crippen LogP contribution in [0.3, 0.4) is 0 Å².